The van der Waals surface area contributed by atoms with Crippen LogP contribution >= 0.6 is 0 Å². The highest BCUT2D eigenvalue weighted by Gasteiger charge is 2.23. The molecule has 2 aliphatic rings. The van der Waals surface area contributed by atoms with Crippen LogP contribution in [-0.4, -0.2) is 75.2 Å². The van der Waals surface area contributed by atoms with Crippen molar-refractivity contribution >= 4 is 11.6 Å². The van der Waals surface area contributed by atoms with Crippen LogP contribution < -0.4 is 10.2 Å². The predicted octanol–water partition coefficient (Wildman–Crippen LogP) is 1.86. The van der Waals surface area contributed by atoms with Gasteiger partial charge in [-0.25, -0.2) is 4.39 Å². The first-order valence-corrected chi connectivity index (χ1v) is 9.38. The monoisotopic (exact) mass is 347 g/mol. The van der Waals surface area contributed by atoms with E-state index in [1.807, 2.05) is 12.1 Å². The van der Waals surface area contributed by atoms with Gasteiger partial charge in [0.15, 0.2) is 5.96 Å². The Morgan fingerprint density at radius 2 is 1.96 bits per heavy atom. The Morgan fingerprint density at radius 1 is 1.20 bits per heavy atom. The smallest absolute Gasteiger partial charge is 0.194 e. The van der Waals surface area contributed by atoms with Crippen LogP contribution in [0.3, 0.4) is 0 Å². The standard InChI is InChI=1S/C19H30FN5/c1-3-21-19(22-14-16-8-9-23(2)15-16)25-12-10-24(11-13-25)18-7-5-4-6-17(18)20/h4-7,16H,3,8-15H2,1-2H3,(H,21,22). The summed E-state index contributed by atoms with van der Waals surface area (Å²) in [5, 5.41) is 3.42. The van der Waals surface area contributed by atoms with Crippen molar-refractivity contribution in [2.75, 3.05) is 64.3 Å². The van der Waals surface area contributed by atoms with Crippen LogP contribution in [0.5, 0.6) is 0 Å². The maximum absolute atomic E-state index is 14.0. The second-order valence-electron chi connectivity index (χ2n) is 7.04. The Kier molecular flexibility index (Phi) is 6.13. The molecule has 0 spiro atoms. The molecular formula is C19H30FN5. The largest absolute Gasteiger partial charge is 0.366 e. The molecule has 0 radical (unpaired) electrons. The number of anilines is 1. The molecule has 1 atom stereocenters. The van der Waals surface area contributed by atoms with Crippen LogP contribution in [0, 0.1) is 11.7 Å². The number of benzene rings is 1. The van der Waals surface area contributed by atoms with Crippen LogP contribution in [0.2, 0.25) is 0 Å². The fourth-order valence-electron chi connectivity index (χ4n) is 3.68. The summed E-state index contributed by atoms with van der Waals surface area (Å²) in [6.45, 7) is 9.55. The van der Waals surface area contributed by atoms with Gasteiger partial charge in [-0.3, -0.25) is 4.99 Å². The number of likely N-dealkylation sites (tertiary alicyclic amines) is 1. The van der Waals surface area contributed by atoms with E-state index >= 15 is 0 Å². The van der Waals surface area contributed by atoms with Gasteiger partial charge in [0.2, 0.25) is 0 Å². The number of guanidine groups is 1. The molecule has 1 N–H and O–H groups in total. The van der Waals surface area contributed by atoms with Gasteiger partial charge in [-0.05, 0) is 45.0 Å². The van der Waals surface area contributed by atoms with E-state index in [0.717, 1.165) is 51.8 Å². The fourth-order valence-corrected chi connectivity index (χ4v) is 3.68. The van der Waals surface area contributed by atoms with Crippen molar-refractivity contribution in [3.05, 3.63) is 30.1 Å². The second kappa shape index (κ2) is 8.52. The number of rotatable bonds is 4. The predicted molar refractivity (Wildman–Crippen MR) is 102 cm³/mol. The van der Waals surface area contributed by atoms with E-state index < -0.39 is 0 Å². The van der Waals surface area contributed by atoms with E-state index in [2.05, 4.69) is 34.0 Å². The molecule has 1 unspecified atom stereocenters. The minimum absolute atomic E-state index is 0.137. The molecule has 1 aromatic rings. The Hall–Kier alpha value is -1.82. The number of para-hydroxylation sites is 1. The first-order chi connectivity index (χ1) is 12.2. The van der Waals surface area contributed by atoms with E-state index in [4.69, 9.17) is 4.99 Å². The number of nitrogens with one attached hydrogen (secondary N) is 1. The summed E-state index contributed by atoms with van der Waals surface area (Å²) < 4.78 is 14.0. The fraction of sp³-hybridized carbons (Fsp3) is 0.632. The lowest BCUT2D eigenvalue weighted by Crippen LogP contribution is -2.52. The molecule has 2 aliphatic heterocycles. The molecule has 0 bridgehead atoms. The molecule has 1 aromatic carbocycles. The lowest BCUT2D eigenvalue weighted by Gasteiger charge is -2.37. The summed E-state index contributed by atoms with van der Waals surface area (Å²) in [5.74, 6) is 1.53. The van der Waals surface area contributed by atoms with Gasteiger partial charge in [0.05, 0.1) is 5.69 Å². The topological polar surface area (TPSA) is 34.1 Å². The molecule has 6 heteroatoms. The van der Waals surface area contributed by atoms with Gasteiger partial charge in [-0.1, -0.05) is 12.1 Å². The minimum Gasteiger partial charge on any atom is -0.366 e. The van der Waals surface area contributed by atoms with Crippen LogP contribution in [0.4, 0.5) is 10.1 Å². The van der Waals surface area contributed by atoms with Crippen molar-refractivity contribution in [1.82, 2.24) is 15.1 Å². The van der Waals surface area contributed by atoms with Crippen LogP contribution in [0.25, 0.3) is 0 Å². The zero-order chi connectivity index (χ0) is 17.6. The minimum atomic E-state index is -0.137. The van der Waals surface area contributed by atoms with Gasteiger partial charge in [-0.15, -0.1) is 0 Å². The van der Waals surface area contributed by atoms with Crippen LogP contribution in [0.15, 0.2) is 29.3 Å². The molecule has 5 nitrogen and oxygen atoms in total. The third-order valence-corrected chi connectivity index (χ3v) is 5.10. The maximum Gasteiger partial charge on any atom is 0.194 e. The normalized spacial score (nSPS) is 22.5. The molecule has 0 amide bonds. The molecule has 2 heterocycles. The van der Waals surface area contributed by atoms with Gasteiger partial charge < -0.3 is 20.0 Å². The molecule has 25 heavy (non-hydrogen) atoms. The molecule has 2 saturated heterocycles. The summed E-state index contributed by atoms with van der Waals surface area (Å²) in [6.07, 6.45) is 1.24. The van der Waals surface area contributed by atoms with Gasteiger partial charge in [0.1, 0.15) is 5.82 Å². The third-order valence-electron chi connectivity index (χ3n) is 5.10. The second-order valence-corrected chi connectivity index (χ2v) is 7.04. The SMILES string of the molecule is CCNC(=NCC1CCN(C)C1)N1CCN(c2ccccc2F)CC1. The zero-order valence-corrected chi connectivity index (χ0v) is 15.4. The summed E-state index contributed by atoms with van der Waals surface area (Å²) in [7, 11) is 2.18. The van der Waals surface area contributed by atoms with E-state index in [9.17, 15) is 4.39 Å². The van der Waals surface area contributed by atoms with E-state index in [-0.39, 0.29) is 5.82 Å². The summed E-state index contributed by atoms with van der Waals surface area (Å²) >= 11 is 0. The Labute approximate surface area is 150 Å². The number of hydrogen-bond acceptors (Lipinski definition) is 3. The zero-order valence-electron chi connectivity index (χ0n) is 15.4. The molecule has 0 aliphatic carbocycles. The van der Waals surface area contributed by atoms with Crippen molar-refractivity contribution in [1.29, 1.82) is 0 Å². The van der Waals surface area contributed by atoms with Crippen molar-refractivity contribution in [3.8, 4) is 0 Å². The summed E-state index contributed by atoms with van der Waals surface area (Å²) in [4.78, 5) is 11.7. The van der Waals surface area contributed by atoms with Gasteiger partial charge in [0.25, 0.3) is 0 Å². The van der Waals surface area contributed by atoms with Crippen LogP contribution in [0.1, 0.15) is 13.3 Å². The highest BCUT2D eigenvalue weighted by atomic mass is 19.1. The lowest BCUT2D eigenvalue weighted by molar-refractivity contribution is 0.367. The first kappa shape index (κ1) is 18.0. The molecule has 138 valence electrons. The van der Waals surface area contributed by atoms with Crippen molar-refractivity contribution in [3.63, 3.8) is 0 Å². The first-order valence-electron chi connectivity index (χ1n) is 9.38. The molecule has 2 fully saturated rings. The van der Waals surface area contributed by atoms with E-state index in [0.29, 0.717) is 11.6 Å². The average Bonchev–Trinajstić information content (AvgIpc) is 3.05. The highest BCUT2D eigenvalue weighted by Crippen LogP contribution is 2.20. The van der Waals surface area contributed by atoms with Crippen molar-refractivity contribution in [2.24, 2.45) is 10.9 Å². The quantitative estimate of drug-likeness (QED) is 0.666. The molecule has 0 saturated carbocycles. The van der Waals surface area contributed by atoms with Gasteiger partial charge >= 0.3 is 0 Å². The molecule has 0 aromatic heterocycles. The number of piperazine rings is 1. The Morgan fingerprint density at radius 3 is 2.60 bits per heavy atom. The molecule has 3 rings (SSSR count). The Bertz CT molecular complexity index is 583. The van der Waals surface area contributed by atoms with Crippen molar-refractivity contribution in [2.45, 2.75) is 13.3 Å². The molecular weight excluding hydrogens is 317 g/mol. The number of aliphatic imine (C=N–C) groups is 1. The number of halogens is 1. The lowest BCUT2D eigenvalue weighted by atomic mass is 10.1. The highest BCUT2D eigenvalue weighted by molar-refractivity contribution is 5.80. The average molecular weight is 347 g/mol. The Balaban J connectivity index is 1.57. The number of nitrogens with zero attached hydrogens (tertiary/aromatic N) is 4. The third kappa shape index (κ3) is 4.63. The van der Waals surface area contributed by atoms with Crippen molar-refractivity contribution < 1.29 is 4.39 Å². The maximum atomic E-state index is 14.0. The van der Waals surface area contributed by atoms with Gasteiger partial charge in [-0.2, -0.15) is 0 Å². The van der Waals surface area contributed by atoms with Crippen LogP contribution in [-0.2, 0) is 0 Å². The summed E-state index contributed by atoms with van der Waals surface area (Å²) in [6, 6.07) is 7.03. The van der Waals surface area contributed by atoms with E-state index in [1.54, 1.807) is 6.07 Å². The number of hydrogen-bond donors (Lipinski definition) is 1. The van der Waals surface area contributed by atoms with E-state index in [1.165, 1.54) is 19.0 Å². The summed E-state index contributed by atoms with van der Waals surface area (Å²) in [5.41, 5.74) is 0.707. The van der Waals surface area contributed by atoms with Gasteiger partial charge in [0, 0.05) is 45.8 Å².